The maximum absolute atomic E-state index is 11.6. The third kappa shape index (κ3) is 3.63. The van der Waals surface area contributed by atoms with Crippen LogP contribution in [0.2, 0.25) is 10.0 Å². The highest BCUT2D eigenvalue weighted by Crippen LogP contribution is 2.32. The SMILES string of the molecule is CCOC(=O)Cc1cc(Cl)c(Nc2nc3ccccc3o2)cc1Cl. The van der Waals surface area contributed by atoms with Gasteiger partial charge in [0.2, 0.25) is 0 Å². The van der Waals surface area contributed by atoms with Gasteiger partial charge in [-0.15, -0.1) is 0 Å². The number of nitrogens with zero attached hydrogens (tertiary/aromatic N) is 1. The number of aromatic nitrogens is 1. The van der Waals surface area contributed by atoms with E-state index < -0.39 is 0 Å². The molecule has 0 amide bonds. The molecule has 5 nitrogen and oxygen atoms in total. The van der Waals surface area contributed by atoms with Gasteiger partial charge in [0, 0.05) is 5.02 Å². The molecular weight excluding hydrogens is 351 g/mol. The van der Waals surface area contributed by atoms with E-state index in [4.69, 9.17) is 32.4 Å². The molecule has 0 unspecified atom stereocenters. The molecule has 0 aliphatic carbocycles. The second-order valence-electron chi connectivity index (χ2n) is 5.02. The first kappa shape index (κ1) is 16.6. The number of hydrogen-bond donors (Lipinski definition) is 1. The van der Waals surface area contributed by atoms with Crippen LogP contribution in [0, 0.1) is 0 Å². The zero-order valence-corrected chi connectivity index (χ0v) is 14.3. The third-order valence-electron chi connectivity index (χ3n) is 3.31. The first-order valence-corrected chi connectivity index (χ1v) is 8.08. The van der Waals surface area contributed by atoms with Crippen LogP contribution < -0.4 is 5.32 Å². The minimum Gasteiger partial charge on any atom is -0.466 e. The molecule has 0 saturated heterocycles. The summed E-state index contributed by atoms with van der Waals surface area (Å²) in [5, 5.41) is 3.81. The Labute approximate surface area is 148 Å². The van der Waals surface area contributed by atoms with Gasteiger partial charge in [-0.1, -0.05) is 35.3 Å². The van der Waals surface area contributed by atoms with Gasteiger partial charge in [0.15, 0.2) is 5.58 Å². The zero-order chi connectivity index (χ0) is 17.1. The van der Waals surface area contributed by atoms with Crippen LogP contribution in [0.3, 0.4) is 0 Å². The molecule has 0 aliphatic heterocycles. The average molecular weight is 365 g/mol. The minimum absolute atomic E-state index is 0.0650. The van der Waals surface area contributed by atoms with E-state index >= 15 is 0 Å². The highest BCUT2D eigenvalue weighted by molar-refractivity contribution is 6.36. The van der Waals surface area contributed by atoms with Crippen LogP contribution in [0.1, 0.15) is 12.5 Å². The number of benzene rings is 2. The Balaban J connectivity index is 1.83. The number of esters is 1. The molecule has 1 aromatic heterocycles. The molecule has 3 aromatic rings. The maximum Gasteiger partial charge on any atom is 0.310 e. The lowest BCUT2D eigenvalue weighted by Crippen LogP contribution is -2.08. The first-order valence-electron chi connectivity index (χ1n) is 7.33. The van der Waals surface area contributed by atoms with Crippen molar-refractivity contribution in [1.29, 1.82) is 0 Å². The van der Waals surface area contributed by atoms with Crippen molar-refractivity contribution in [3.63, 3.8) is 0 Å². The molecule has 0 bridgehead atoms. The zero-order valence-electron chi connectivity index (χ0n) is 12.8. The van der Waals surface area contributed by atoms with Gasteiger partial charge in [-0.2, -0.15) is 4.98 Å². The fraction of sp³-hybridized carbons (Fsp3) is 0.176. The molecule has 2 aromatic carbocycles. The Hall–Kier alpha value is -2.24. The lowest BCUT2D eigenvalue weighted by Gasteiger charge is -2.09. The Morgan fingerprint density at radius 2 is 2.04 bits per heavy atom. The predicted molar refractivity (Wildman–Crippen MR) is 94.1 cm³/mol. The van der Waals surface area contributed by atoms with Crippen LogP contribution in [0.4, 0.5) is 11.7 Å². The lowest BCUT2D eigenvalue weighted by molar-refractivity contribution is -0.142. The lowest BCUT2D eigenvalue weighted by atomic mass is 10.1. The van der Waals surface area contributed by atoms with Crippen molar-refractivity contribution in [3.05, 3.63) is 52.0 Å². The van der Waals surface area contributed by atoms with Gasteiger partial charge < -0.3 is 14.5 Å². The van der Waals surface area contributed by atoms with Gasteiger partial charge >= 0.3 is 5.97 Å². The summed E-state index contributed by atoms with van der Waals surface area (Å²) in [6, 6.07) is 11.0. The second-order valence-corrected chi connectivity index (χ2v) is 5.83. The molecule has 0 radical (unpaired) electrons. The number of para-hydroxylation sites is 2. The van der Waals surface area contributed by atoms with E-state index in [9.17, 15) is 4.79 Å². The van der Waals surface area contributed by atoms with Crippen molar-refractivity contribution in [2.24, 2.45) is 0 Å². The van der Waals surface area contributed by atoms with Gasteiger partial charge in [-0.05, 0) is 36.8 Å². The number of halogens is 2. The Bertz CT molecular complexity index is 860. The maximum atomic E-state index is 11.6. The number of oxazole rings is 1. The number of rotatable bonds is 5. The van der Waals surface area contributed by atoms with Gasteiger partial charge in [0.25, 0.3) is 6.01 Å². The Morgan fingerprint density at radius 3 is 2.79 bits per heavy atom. The fourth-order valence-corrected chi connectivity index (χ4v) is 2.69. The molecule has 0 spiro atoms. The fourth-order valence-electron chi connectivity index (χ4n) is 2.23. The summed E-state index contributed by atoms with van der Waals surface area (Å²) in [5.74, 6) is -0.352. The van der Waals surface area contributed by atoms with E-state index in [1.807, 2.05) is 24.3 Å². The van der Waals surface area contributed by atoms with Crippen LogP contribution >= 0.6 is 23.2 Å². The molecule has 0 aliphatic rings. The number of nitrogens with one attached hydrogen (secondary N) is 1. The molecule has 3 rings (SSSR count). The normalized spacial score (nSPS) is 10.8. The van der Waals surface area contributed by atoms with Crippen molar-refractivity contribution in [3.8, 4) is 0 Å². The third-order valence-corrected chi connectivity index (χ3v) is 3.98. The molecule has 0 atom stereocenters. The number of hydrogen-bond acceptors (Lipinski definition) is 5. The molecule has 7 heteroatoms. The smallest absolute Gasteiger partial charge is 0.310 e. The number of anilines is 2. The van der Waals surface area contributed by atoms with Crippen LogP contribution in [0.5, 0.6) is 0 Å². The largest absolute Gasteiger partial charge is 0.466 e. The molecule has 1 heterocycles. The van der Waals surface area contributed by atoms with E-state index in [0.717, 1.165) is 5.52 Å². The topological polar surface area (TPSA) is 64.4 Å². The minimum atomic E-state index is -0.352. The summed E-state index contributed by atoms with van der Waals surface area (Å²) in [4.78, 5) is 15.9. The van der Waals surface area contributed by atoms with Crippen molar-refractivity contribution in [1.82, 2.24) is 4.98 Å². The number of carbonyl (C=O) groups is 1. The molecular formula is C17H14Cl2N2O3. The second kappa shape index (κ2) is 7.11. The quantitative estimate of drug-likeness (QED) is 0.646. The molecule has 124 valence electrons. The monoisotopic (exact) mass is 364 g/mol. The van der Waals surface area contributed by atoms with Crippen LogP contribution in [0.15, 0.2) is 40.8 Å². The van der Waals surface area contributed by atoms with Crippen molar-refractivity contribution in [2.45, 2.75) is 13.3 Å². The summed E-state index contributed by atoms with van der Waals surface area (Å²) >= 11 is 12.5. The van der Waals surface area contributed by atoms with E-state index in [1.165, 1.54) is 0 Å². The molecule has 24 heavy (non-hydrogen) atoms. The van der Waals surface area contributed by atoms with E-state index in [-0.39, 0.29) is 12.4 Å². The number of fused-ring (bicyclic) bond motifs is 1. The molecule has 0 saturated carbocycles. The highest BCUT2D eigenvalue weighted by atomic mass is 35.5. The summed E-state index contributed by atoms with van der Waals surface area (Å²) < 4.78 is 10.5. The number of ether oxygens (including phenoxy) is 1. The summed E-state index contributed by atoms with van der Waals surface area (Å²) in [6.07, 6.45) is 0.0650. The van der Waals surface area contributed by atoms with Crippen molar-refractivity contribution >= 4 is 52.0 Å². The van der Waals surface area contributed by atoms with Gasteiger partial charge in [-0.3, -0.25) is 4.79 Å². The summed E-state index contributed by atoms with van der Waals surface area (Å²) in [5.41, 5.74) is 2.55. The van der Waals surface area contributed by atoms with Crippen LogP contribution in [0.25, 0.3) is 11.1 Å². The Kier molecular flexibility index (Phi) is 4.92. The summed E-state index contributed by atoms with van der Waals surface area (Å²) in [7, 11) is 0. The first-order chi connectivity index (χ1) is 11.6. The predicted octanol–water partition coefficient (Wildman–Crippen LogP) is 4.98. The van der Waals surface area contributed by atoms with E-state index in [1.54, 1.807) is 19.1 Å². The van der Waals surface area contributed by atoms with E-state index in [2.05, 4.69) is 10.3 Å². The molecule has 0 fully saturated rings. The summed E-state index contributed by atoms with van der Waals surface area (Å²) in [6.45, 7) is 2.07. The van der Waals surface area contributed by atoms with E-state index in [0.29, 0.717) is 39.5 Å². The number of carbonyl (C=O) groups excluding carboxylic acids is 1. The van der Waals surface area contributed by atoms with Gasteiger partial charge in [0.05, 0.1) is 23.7 Å². The molecule has 1 N–H and O–H groups in total. The van der Waals surface area contributed by atoms with Crippen LogP contribution in [-0.2, 0) is 16.0 Å². The van der Waals surface area contributed by atoms with Gasteiger partial charge in [-0.25, -0.2) is 0 Å². The highest BCUT2D eigenvalue weighted by Gasteiger charge is 2.13. The average Bonchev–Trinajstić information content (AvgIpc) is 2.94. The van der Waals surface area contributed by atoms with Gasteiger partial charge in [0.1, 0.15) is 5.52 Å². The van der Waals surface area contributed by atoms with Crippen molar-refractivity contribution < 1.29 is 13.9 Å². The van der Waals surface area contributed by atoms with Crippen LogP contribution in [-0.4, -0.2) is 17.6 Å². The van der Waals surface area contributed by atoms with Crippen molar-refractivity contribution in [2.75, 3.05) is 11.9 Å². The standard InChI is InChI=1S/C17H14Cl2N2O3/c1-2-23-16(22)8-10-7-12(19)14(9-11(10)18)21-17-20-13-5-3-4-6-15(13)24-17/h3-7,9H,2,8H2,1H3,(H,20,21). The Morgan fingerprint density at radius 1 is 1.25 bits per heavy atom.